The Balaban J connectivity index is 2.04. The SMILES string of the molecule is CC(C)[Si]1(C(C)C)OC[C@H]2OC(c3ccccc3)[C@H](O)[C@@H]2O[Si](C(C)C)(C(C)C)O1. The van der Waals surface area contributed by atoms with Crippen molar-refractivity contribution in [3.8, 4) is 0 Å². The van der Waals surface area contributed by atoms with Gasteiger partial charge in [0, 0.05) is 0 Å². The fraction of sp³-hybridized carbons (Fsp3) is 0.739. The largest absolute Gasteiger partial charge is 0.414 e. The molecular formula is C23H40O5Si2. The van der Waals surface area contributed by atoms with Gasteiger partial charge in [0.25, 0.3) is 0 Å². The van der Waals surface area contributed by atoms with Gasteiger partial charge in [-0.3, -0.25) is 0 Å². The summed E-state index contributed by atoms with van der Waals surface area (Å²) < 4.78 is 27.2. The van der Waals surface area contributed by atoms with Crippen LogP contribution in [-0.2, 0) is 17.7 Å². The topological polar surface area (TPSA) is 57.2 Å². The quantitative estimate of drug-likeness (QED) is 0.603. The molecule has 5 nitrogen and oxygen atoms in total. The van der Waals surface area contributed by atoms with Gasteiger partial charge < -0.3 is 22.8 Å². The van der Waals surface area contributed by atoms with Gasteiger partial charge in [-0.1, -0.05) is 85.7 Å². The van der Waals surface area contributed by atoms with Crippen molar-refractivity contribution in [2.24, 2.45) is 0 Å². The molecule has 2 saturated heterocycles. The average Bonchev–Trinajstić information content (AvgIpc) is 2.96. The van der Waals surface area contributed by atoms with Gasteiger partial charge in [-0.2, -0.15) is 0 Å². The lowest BCUT2D eigenvalue weighted by molar-refractivity contribution is -0.0391. The van der Waals surface area contributed by atoms with Crippen LogP contribution < -0.4 is 0 Å². The fourth-order valence-corrected chi connectivity index (χ4v) is 16.3. The minimum absolute atomic E-state index is 0.229. The monoisotopic (exact) mass is 452 g/mol. The van der Waals surface area contributed by atoms with Crippen LogP contribution in [0.4, 0.5) is 0 Å². The molecule has 0 spiro atoms. The summed E-state index contributed by atoms with van der Waals surface area (Å²) in [6.45, 7) is 18.0. The zero-order chi connectivity index (χ0) is 22.3. The normalized spacial score (nSPS) is 31.2. The lowest BCUT2D eigenvalue weighted by Crippen LogP contribution is -2.65. The number of aliphatic hydroxyl groups is 1. The van der Waals surface area contributed by atoms with Gasteiger partial charge in [0.05, 0.1) is 6.61 Å². The zero-order valence-electron chi connectivity index (χ0n) is 19.8. The second-order valence-corrected chi connectivity index (χ2v) is 18.9. The van der Waals surface area contributed by atoms with Gasteiger partial charge in [0.1, 0.15) is 24.4 Å². The molecule has 0 radical (unpaired) electrons. The number of hydrogen-bond donors (Lipinski definition) is 1. The number of hydrogen-bond acceptors (Lipinski definition) is 5. The molecule has 0 aromatic heterocycles. The van der Waals surface area contributed by atoms with Gasteiger partial charge >= 0.3 is 17.1 Å². The highest BCUT2D eigenvalue weighted by atomic mass is 28.5. The van der Waals surface area contributed by atoms with Crippen LogP contribution in [0.25, 0.3) is 0 Å². The molecule has 0 bridgehead atoms. The molecule has 1 aromatic rings. The van der Waals surface area contributed by atoms with Crippen molar-refractivity contribution in [1.29, 1.82) is 0 Å². The second kappa shape index (κ2) is 9.13. The number of ether oxygens (including phenoxy) is 1. The van der Waals surface area contributed by atoms with Crippen LogP contribution in [0.15, 0.2) is 30.3 Å². The number of rotatable bonds is 5. The van der Waals surface area contributed by atoms with Crippen molar-refractivity contribution in [1.82, 2.24) is 0 Å². The first-order valence-corrected chi connectivity index (χ1v) is 15.4. The van der Waals surface area contributed by atoms with Crippen LogP contribution in [-0.4, -0.2) is 47.1 Å². The third-order valence-corrected chi connectivity index (χ3v) is 17.0. The Morgan fingerprint density at radius 2 is 1.37 bits per heavy atom. The van der Waals surface area contributed by atoms with Gasteiger partial charge in [-0.05, 0) is 27.7 Å². The fourth-order valence-electron chi connectivity index (χ4n) is 5.07. The molecule has 3 rings (SSSR count). The van der Waals surface area contributed by atoms with Crippen molar-refractivity contribution in [3.63, 3.8) is 0 Å². The molecule has 170 valence electrons. The van der Waals surface area contributed by atoms with Crippen LogP contribution in [0.3, 0.4) is 0 Å². The molecule has 2 heterocycles. The van der Waals surface area contributed by atoms with E-state index in [2.05, 4.69) is 55.4 Å². The predicted molar refractivity (Wildman–Crippen MR) is 124 cm³/mol. The van der Waals surface area contributed by atoms with Crippen molar-refractivity contribution in [3.05, 3.63) is 35.9 Å². The van der Waals surface area contributed by atoms with Crippen molar-refractivity contribution >= 4 is 17.1 Å². The molecule has 0 amide bonds. The molecule has 0 saturated carbocycles. The Hall–Kier alpha value is -0.546. The summed E-state index contributed by atoms with van der Waals surface area (Å²) >= 11 is 0. The van der Waals surface area contributed by atoms with Crippen molar-refractivity contribution < 1.29 is 22.8 Å². The van der Waals surface area contributed by atoms with E-state index in [0.717, 1.165) is 5.56 Å². The van der Waals surface area contributed by atoms with E-state index in [9.17, 15) is 5.11 Å². The molecule has 30 heavy (non-hydrogen) atoms. The maximum absolute atomic E-state index is 11.3. The minimum atomic E-state index is -2.74. The zero-order valence-corrected chi connectivity index (χ0v) is 21.8. The molecule has 2 aliphatic heterocycles. The van der Waals surface area contributed by atoms with E-state index in [-0.39, 0.29) is 17.2 Å². The first kappa shape index (κ1) is 24.1. The molecule has 2 fully saturated rings. The van der Waals surface area contributed by atoms with E-state index < -0.39 is 35.4 Å². The molecule has 1 aromatic carbocycles. The number of fused-ring (bicyclic) bond motifs is 1. The lowest BCUT2D eigenvalue weighted by Gasteiger charge is -2.51. The summed E-state index contributed by atoms with van der Waals surface area (Å²) in [5.74, 6) is 0. The molecular weight excluding hydrogens is 412 g/mol. The highest BCUT2D eigenvalue weighted by molar-refractivity contribution is 6.83. The highest BCUT2D eigenvalue weighted by Crippen LogP contribution is 2.48. The van der Waals surface area contributed by atoms with Gasteiger partial charge in [-0.15, -0.1) is 0 Å². The summed E-state index contributed by atoms with van der Waals surface area (Å²) in [6.07, 6.45) is -1.91. The average molecular weight is 453 g/mol. The second-order valence-electron chi connectivity index (χ2n) is 10.1. The van der Waals surface area contributed by atoms with Gasteiger partial charge in [-0.25, -0.2) is 0 Å². The summed E-state index contributed by atoms with van der Waals surface area (Å²) in [4.78, 5) is 0. The highest BCUT2D eigenvalue weighted by Gasteiger charge is 2.61. The Morgan fingerprint density at radius 1 is 0.833 bits per heavy atom. The molecule has 1 unspecified atom stereocenters. The van der Waals surface area contributed by atoms with Crippen LogP contribution in [0.1, 0.15) is 67.1 Å². The Bertz CT molecular complexity index is 678. The van der Waals surface area contributed by atoms with Crippen LogP contribution >= 0.6 is 0 Å². The summed E-state index contributed by atoms with van der Waals surface area (Å²) in [6, 6.07) is 9.93. The van der Waals surface area contributed by atoms with Crippen molar-refractivity contribution in [2.75, 3.05) is 6.61 Å². The van der Waals surface area contributed by atoms with E-state index in [1.807, 2.05) is 30.3 Å². The van der Waals surface area contributed by atoms with E-state index in [0.29, 0.717) is 17.7 Å². The standard InChI is InChI=1S/C23H40O5Si2/c1-15(2)29(16(3)4)25-14-20-23(27-30(28-29,17(5)6)18(7)8)21(24)22(26-20)19-12-10-9-11-13-19/h9-13,15-18,20-24H,14H2,1-8H3/t20-,21+,22?,23-/m1/s1. The molecule has 7 heteroatoms. The third kappa shape index (κ3) is 4.10. The number of aliphatic hydroxyl groups excluding tert-OH is 1. The summed E-state index contributed by atoms with van der Waals surface area (Å²) in [5.41, 5.74) is 2.01. The van der Waals surface area contributed by atoms with Crippen LogP contribution in [0.5, 0.6) is 0 Å². The summed E-state index contributed by atoms with van der Waals surface area (Å²) in [7, 11) is -5.33. The van der Waals surface area contributed by atoms with E-state index in [1.54, 1.807) is 0 Å². The minimum Gasteiger partial charge on any atom is -0.414 e. The molecule has 1 N–H and O–H groups in total. The molecule has 2 aliphatic rings. The maximum atomic E-state index is 11.3. The Morgan fingerprint density at radius 3 is 1.87 bits per heavy atom. The van der Waals surface area contributed by atoms with Gasteiger partial charge in [0.2, 0.25) is 0 Å². The first-order chi connectivity index (χ1) is 14.0. The number of benzene rings is 1. The molecule has 4 atom stereocenters. The van der Waals surface area contributed by atoms with E-state index in [1.165, 1.54) is 0 Å². The maximum Gasteiger partial charge on any atom is 0.335 e. The Labute approximate surface area is 184 Å². The van der Waals surface area contributed by atoms with Crippen molar-refractivity contribution in [2.45, 2.75) is 102 Å². The van der Waals surface area contributed by atoms with E-state index in [4.69, 9.17) is 17.7 Å². The summed E-state index contributed by atoms with van der Waals surface area (Å²) in [5, 5.41) is 11.3. The Kier molecular flexibility index (Phi) is 7.34. The molecule has 0 aliphatic carbocycles. The third-order valence-electron chi connectivity index (χ3n) is 6.79. The lowest BCUT2D eigenvalue weighted by atomic mass is 10.0. The van der Waals surface area contributed by atoms with Crippen LogP contribution in [0, 0.1) is 0 Å². The van der Waals surface area contributed by atoms with Crippen LogP contribution in [0.2, 0.25) is 22.2 Å². The van der Waals surface area contributed by atoms with Gasteiger partial charge in [0.15, 0.2) is 0 Å². The van der Waals surface area contributed by atoms with E-state index >= 15 is 0 Å². The smallest absolute Gasteiger partial charge is 0.335 e. The first-order valence-electron chi connectivity index (χ1n) is 11.5. The predicted octanol–water partition coefficient (Wildman–Crippen LogP) is 5.44.